The van der Waals surface area contributed by atoms with E-state index >= 15 is 0 Å². The molecule has 22 heavy (non-hydrogen) atoms. The third kappa shape index (κ3) is 4.58. The van der Waals surface area contributed by atoms with Crippen molar-refractivity contribution in [1.29, 1.82) is 0 Å². The molecule has 0 radical (unpaired) electrons. The second-order valence-corrected chi connectivity index (χ2v) is 6.58. The number of hydrogen-bond donors (Lipinski definition) is 2. The van der Waals surface area contributed by atoms with Crippen molar-refractivity contribution in [3.05, 3.63) is 46.3 Å². The van der Waals surface area contributed by atoms with Crippen molar-refractivity contribution < 1.29 is 4.79 Å². The Bertz CT molecular complexity index is 681. The van der Waals surface area contributed by atoms with Gasteiger partial charge < -0.3 is 10.6 Å². The van der Waals surface area contributed by atoms with Gasteiger partial charge in [0.25, 0.3) is 5.91 Å². The van der Waals surface area contributed by atoms with Crippen LogP contribution < -0.4 is 10.6 Å². The van der Waals surface area contributed by atoms with Crippen molar-refractivity contribution >= 4 is 40.6 Å². The minimum Gasteiger partial charge on any atom is -0.346 e. The lowest BCUT2D eigenvalue weighted by Crippen LogP contribution is -2.40. The van der Waals surface area contributed by atoms with E-state index < -0.39 is 0 Å². The van der Waals surface area contributed by atoms with E-state index in [0.29, 0.717) is 21.6 Å². The van der Waals surface area contributed by atoms with Gasteiger partial charge in [-0.1, -0.05) is 23.2 Å². The van der Waals surface area contributed by atoms with Crippen LogP contribution in [-0.2, 0) is 0 Å². The molecule has 0 unspecified atom stereocenters. The number of rotatable bonds is 3. The zero-order valence-electron chi connectivity index (χ0n) is 12.4. The molecule has 0 atom stereocenters. The number of aromatic nitrogens is 2. The normalized spacial score (nSPS) is 11.1. The van der Waals surface area contributed by atoms with Gasteiger partial charge >= 0.3 is 0 Å². The second kappa shape index (κ2) is 6.50. The first kappa shape index (κ1) is 16.5. The van der Waals surface area contributed by atoms with Gasteiger partial charge in [0, 0.05) is 10.6 Å². The Morgan fingerprint density at radius 3 is 2.45 bits per heavy atom. The number of amides is 1. The van der Waals surface area contributed by atoms with Gasteiger partial charge in [-0.05, 0) is 39.0 Å². The summed E-state index contributed by atoms with van der Waals surface area (Å²) in [6.45, 7) is 5.69. The quantitative estimate of drug-likeness (QED) is 0.885. The van der Waals surface area contributed by atoms with Crippen molar-refractivity contribution in [2.45, 2.75) is 26.3 Å². The molecule has 0 saturated carbocycles. The van der Waals surface area contributed by atoms with Crippen molar-refractivity contribution in [2.24, 2.45) is 0 Å². The molecule has 5 nitrogen and oxygen atoms in total. The van der Waals surface area contributed by atoms with Crippen LogP contribution >= 0.6 is 23.2 Å². The molecule has 0 aliphatic heterocycles. The number of benzene rings is 1. The van der Waals surface area contributed by atoms with Crippen molar-refractivity contribution in [3.63, 3.8) is 0 Å². The van der Waals surface area contributed by atoms with Gasteiger partial charge in [0.1, 0.15) is 11.5 Å². The summed E-state index contributed by atoms with van der Waals surface area (Å²) >= 11 is 12.0. The van der Waals surface area contributed by atoms with Gasteiger partial charge in [0.15, 0.2) is 0 Å². The van der Waals surface area contributed by atoms with Gasteiger partial charge in [-0.25, -0.2) is 9.97 Å². The molecule has 0 spiro atoms. The molecule has 1 heterocycles. The summed E-state index contributed by atoms with van der Waals surface area (Å²) in [5.74, 6) is 0.198. The summed E-state index contributed by atoms with van der Waals surface area (Å²) in [5, 5.41) is 6.90. The van der Waals surface area contributed by atoms with Gasteiger partial charge in [0.2, 0.25) is 0 Å². The Morgan fingerprint density at radius 2 is 1.86 bits per heavy atom. The Morgan fingerprint density at radius 1 is 1.14 bits per heavy atom. The average Bonchev–Trinajstić information content (AvgIpc) is 2.42. The van der Waals surface area contributed by atoms with Crippen LogP contribution in [0.4, 0.5) is 11.5 Å². The number of anilines is 2. The Hall–Kier alpha value is -1.85. The van der Waals surface area contributed by atoms with E-state index in [4.69, 9.17) is 23.2 Å². The highest BCUT2D eigenvalue weighted by Gasteiger charge is 2.16. The molecule has 1 aromatic carbocycles. The number of carbonyl (C=O) groups is 1. The van der Waals surface area contributed by atoms with E-state index in [1.165, 1.54) is 12.4 Å². The molecule has 1 aromatic heterocycles. The standard InChI is InChI=1S/C15H16Cl2N4O/c1-15(2,3)21-14(22)12-7-19-13(8-18-12)20-11-6-9(16)4-5-10(11)17/h4-8H,1-3H3,(H,19,20)(H,21,22). The molecule has 1 amide bonds. The summed E-state index contributed by atoms with van der Waals surface area (Å²) in [4.78, 5) is 20.2. The highest BCUT2D eigenvalue weighted by molar-refractivity contribution is 6.35. The third-order valence-corrected chi connectivity index (χ3v) is 3.13. The fraction of sp³-hybridized carbons (Fsp3) is 0.267. The molecule has 0 saturated heterocycles. The average molecular weight is 339 g/mol. The molecule has 0 aliphatic rings. The van der Waals surface area contributed by atoms with Gasteiger partial charge in [-0.3, -0.25) is 4.79 Å². The molecular formula is C15H16Cl2N4O. The number of nitrogens with zero attached hydrogens (tertiary/aromatic N) is 2. The number of hydrogen-bond acceptors (Lipinski definition) is 4. The lowest BCUT2D eigenvalue weighted by Gasteiger charge is -2.19. The monoisotopic (exact) mass is 338 g/mol. The first-order valence-electron chi connectivity index (χ1n) is 6.61. The Kier molecular flexibility index (Phi) is 4.88. The highest BCUT2D eigenvalue weighted by atomic mass is 35.5. The SMILES string of the molecule is CC(C)(C)NC(=O)c1cnc(Nc2cc(Cl)ccc2Cl)cn1. The summed E-state index contributed by atoms with van der Waals surface area (Å²) in [7, 11) is 0. The minimum atomic E-state index is -0.329. The second-order valence-electron chi connectivity index (χ2n) is 5.74. The van der Waals surface area contributed by atoms with Crippen LogP contribution in [0.25, 0.3) is 0 Å². The van der Waals surface area contributed by atoms with Crippen LogP contribution in [0.2, 0.25) is 10.0 Å². The molecular weight excluding hydrogens is 323 g/mol. The van der Waals surface area contributed by atoms with E-state index in [9.17, 15) is 4.79 Å². The number of nitrogens with one attached hydrogen (secondary N) is 2. The summed E-state index contributed by atoms with van der Waals surface area (Å²) in [6, 6.07) is 5.07. The smallest absolute Gasteiger partial charge is 0.271 e. The molecule has 7 heteroatoms. The molecule has 2 aromatic rings. The molecule has 0 fully saturated rings. The highest BCUT2D eigenvalue weighted by Crippen LogP contribution is 2.27. The van der Waals surface area contributed by atoms with E-state index in [0.717, 1.165) is 0 Å². The van der Waals surface area contributed by atoms with Crippen LogP contribution in [0, 0.1) is 0 Å². The maximum atomic E-state index is 12.0. The summed E-state index contributed by atoms with van der Waals surface area (Å²) in [6.07, 6.45) is 2.87. The maximum absolute atomic E-state index is 12.0. The largest absolute Gasteiger partial charge is 0.346 e. The number of halogens is 2. The van der Waals surface area contributed by atoms with Gasteiger partial charge in [-0.15, -0.1) is 0 Å². The van der Waals surface area contributed by atoms with Gasteiger partial charge in [-0.2, -0.15) is 0 Å². The maximum Gasteiger partial charge on any atom is 0.271 e. The van der Waals surface area contributed by atoms with E-state index in [-0.39, 0.29) is 17.1 Å². The van der Waals surface area contributed by atoms with Crippen molar-refractivity contribution in [3.8, 4) is 0 Å². The van der Waals surface area contributed by atoms with Crippen LogP contribution in [0.1, 0.15) is 31.3 Å². The van der Waals surface area contributed by atoms with Crippen LogP contribution in [0.15, 0.2) is 30.6 Å². The number of carbonyl (C=O) groups excluding carboxylic acids is 1. The fourth-order valence-electron chi connectivity index (χ4n) is 1.65. The third-order valence-electron chi connectivity index (χ3n) is 2.56. The molecule has 116 valence electrons. The van der Waals surface area contributed by atoms with Crippen molar-refractivity contribution in [2.75, 3.05) is 5.32 Å². The van der Waals surface area contributed by atoms with Crippen LogP contribution in [0.3, 0.4) is 0 Å². The lowest BCUT2D eigenvalue weighted by atomic mass is 10.1. The molecule has 0 bridgehead atoms. The van der Waals surface area contributed by atoms with Crippen molar-refractivity contribution in [1.82, 2.24) is 15.3 Å². The predicted molar refractivity (Wildman–Crippen MR) is 89.0 cm³/mol. The van der Waals surface area contributed by atoms with Gasteiger partial charge in [0.05, 0.1) is 23.1 Å². The minimum absolute atomic E-state index is 0.248. The van der Waals surface area contributed by atoms with Crippen LogP contribution in [0.5, 0.6) is 0 Å². The topological polar surface area (TPSA) is 66.9 Å². The fourth-order valence-corrected chi connectivity index (χ4v) is 1.98. The predicted octanol–water partition coefficient (Wildman–Crippen LogP) is 4.06. The summed E-state index contributed by atoms with van der Waals surface area (Å²) in [5.41, 5.74) is 0.539. The van der Waals surface area contributed by atoms with E-state index in [2.05, 4.69) is 20.6 Å². The Balaban J connectivity index is 2.12. The molecule has 2 N–H and O–H groups in total. The van der Waals surface area contributed by atoms with Crippen LogP contribution in [-0.4, -0.2) is 21.4 Å². The van der Waals surface area contributed by atoms with E-state index in [1.807, 2.05) is 20.8 Å². The zero-order valence-corrected chi connectivity index (χ0v) is 14.0. The lowest BCUT2D eigenvalue weighted by molar-refractivity contribution is 0.0914. The summed E-state index contributed by atoms with van der Waals surface area (Å²) < 4.78 is 0. The molecule has 2 rings (SSSR count). The first-order valence-corrected chi connectivity index (χ1v) is 7.37. The Labute approximate surface area is 139 Å². The van der Waals surface area contributed by atoms with E-state index in [1.54, 1.807) is 18.2 Å². The zero-order chi connectivity index (χ0) is 16.3. The molecule has 0 aliphatic carbocycles. The first-order chi connectivity index (χ1) is 10.2.